The van der Waals surface area contributed by atoms with Gasteiger partial charge < -0.3 is 20.3 Å². The van der Waals surface area contributed by atoms with Crippen LogP contribution >= 0.6 is 11.6 Å². The Kier molecular flexibility index (Phi) is 5.73. The summed E-state index contributed by atoms with van der Waals surface area (Å²) in [6.45, 7) is 0.465. The zero-order valence-corrected chi connectivity index (χ0v) is 14.9. The van der Waals surface area contributed by atoms with Crippen LogP contribution in [0.1, 0.15) is 20.8 Å². The average Bonchev–Trinajstić information content (AvgIpc) is 3.16. The molecule has 0 spiro atoms. The minimum atomic E-state index is -0.411. The van der Waals surface area contributed by atoms with E-state index in [0.29, 0.717) is 16.3 Å². The highest BCUT2D eigenvalue weighted by molar-refractivity contribution is 6.30. The molecule has 0 bridgehead atoms. The molecule has 138 valence electrons. The molecule has 3 aromatic rings. The smallest absolute Gasteiger partial charge is 0.273 e. The fraction of sp³-hybridized carbons (Fsp3) is 0.105. The first-order chi connectivity index (χ1) is 13.0. The minimum Gasteiger partial charge on any atom is -0.508 e. The first kappa shape index (κ1) is 18.5. The second kappa shape index (κ2) is 8.37. The monoisotopic (exact) mass is 385 g/mol. The average molecular weight is 386 g/mol. The molecule has 0 saturated heterocycles. The molecule has 27 heavy (non-hydrogen) atoms. The number of amides is 2. The Morgan fingerprint density at radius 3 is 2.41 bits per heavy atom. The number of carbonyl (C=O) groups excluding carboxylic acids is 2. The van der Waals surface area contributed by atoms with E-state index in [1.54, 1.807) is 24.3 Å². The first-order valence-corrected chi connectivity index (χ1v) is 8.49. The van der Waals surface area contributed by atoms with Crippen LogP contribution < -0.4 is 10.6 Å². The van der Waals surface area contributed by atoms with Gasteiger partial charge in [0.15, 0.2) is 11.5 Å². The molecule has 1 aromatic heterocycles. The molecule has 2 amide bonds. The molecule has 0 aliphatic rings. The standard InChI is InChI=1S/C19H16ClN3O4/c20-14-3-1-2-13(10-14)17-11-16(23-27-17)19(26)22-9-8-21-18(25)12-4-6-15(24)7-5-12/h1-7,10-11,24H,8-9H2,(H,21,25)(H,22,26). The van der Waals surface area contributed by atoms with Crippen molar-refractivity contribution in [3.8, 4) is 17.1 Å². The lowest BCUT2D eigenvalue weighted by molar-refractivity contribution is 0.0922. The van der Waals surface area contributed by atoms with E-state index in [1.807, 2.05) is 0 Å². The van der Waals surface area contributed by atoms with Crippen LogP contribution in [-0.2, 0) is 0 Å². The normalized spacial score (nSPS) is 10.4. The van der Waals surface area contributed by atoms with Crippen molar-refractivity contribution in [2.24, 2.45) is 0 Å². The van der Waals surface area contributed by atoms with Crippen molar-refractivity contribution in [1.29, 1.82) is 0 Å². The predicted octanol–water partition coefficient (Wildman–Crippen LogP) is 2.86. The summed E-state index contributed by atoms with van der Waals surface area (Å²) in [6, 6.07) is 14.4. The number of nitrogens with one attached hydrogen (secondary N) is 2. The number of aromatic hydroxyl groups is 1. The predicted molar refractivity (Wildman–Crippen MR) is 99.7 cm³/mol. The van der Waals surface area contributed by atoms with E-state index in [-0.39, 0.29) is 30.4 Å². The largest absolute Gasteiger partial charge is 0.508 e. The van der Waals surface area contributed by atoms with Gasteiger partial charge in [0.2, 0.25) is 0 Å². The third kappa shape index (κ3) is 4.86. The van der Waals surface area contributed by atoms with Gasteiger partial charge in [-0.3, -0.25) is 9.59 Å². The summed E-state index contributed by atoms with van der Waals surface area (Å²) in [4.78, 5) is 24.0. The van der Waals surface area contributed by atoms with E-state index >= 15 is 0 Å². The van der Waals surface area contributed by atoms with Crippen LogP contribution in [0.15, 0.2) is 59.1 Å². The SMILES string of the molecule is O=C(NCCNC(=O)c1cc(-c2cccc(Cl)c2)on1)c1ccc(O)cc1. The van der Waals surface area contributed by atoms with Gasteiger partial charge in [-0.2, -0.15) is 0 Å². The second-order valence-corrected chi connectivity index (χ2v) is 6.08. The number of halogens is 1. The van der Waals surface area contributed by atoms with Crippen LogP contribution in [0.2, 0.25) is 5.02 Å². The van der Waals surface area contributed by atoms with Crippen LogP contribution in [0, 0.1) is 0 Å². The summed E-state index contributed by atoms with van der Waals surface area (Å²) in [7, 11) is 0. The van der Waals surface area contributed by atoms with Gasteiger partial charge in [-0.15, -0.1) is 0 Å². The summed E-state index contributed by atoms with van der Waals surface area (Å²) >= 11 is 5.94. The van der Waals surface area contributed by atoms with E-state index in [0.717, 1.165) is 5.56 Å². The maximum atomic E-state index is 12.1. The van der Waals surface area contributed by atoms with Crippen molar-refractivity contribution in [2.75, 3.05) is 13.1 Å². The maximum Gasteiger partial charge on any atom is 0.273 e. The number of hydrogen-bond donors (Lipinski definition) is 3. The van der Waals surface area contributed by atoms with E-state index in [1.165, 1.54) is 30.3 Å². The second-order valence-electron chi connectivity index (χ2n) is 5.65. The lowest BCUT2D eigenvalue weighted by Gasteiger charge is -2.06. The van der Waals surface area contributed by atoms with Crippen molar-refractivity contribution >= 4 is 23.4 Å². The van der Waals surface area contributed by atoms with Gasteiger partial charge in [0.05, 0.1) is 0 Å². The van der Waals surface area contributed by atoms with Gasteiger partial charge in [-0.1, -0.05) is 28.9 Å². The number of nitrogens with zero attached hydrogens (tertiary/aromatic N) is 1. The molecule has 3 rings (SSSR count). The van der Waals surface area contributed by atoms with E-state index in [2.05, 4.69) is 15.8 Å². The van der Waals surface area contributed by atoms with Gasteiger partial charge >= 0.3 is 0 Å². The molecule has 2 aromatic carbocycles. The van der Waals surface area contributed by atoms with Gasteiger partial charge in [-0.05, 0) is 36.4 Å². The lowest BCUT2D eigenvalue weighted by atomic mass is 10.1. The van der Waals surface area contributed by atoms with Crippen molar-refractivity contribution < 1.29 is 19.2 Å². The molecule has 1 heterocycles. The third-order valence-corrected chi connectivity index (χ3v) is 3.91. The number of carbonyl (C=O) groups is 2. The summed E-state index contributed by atoms with van der Waals surface area (Å²) in [6.07, 6.45) is 0. The van der Waals surface area contributed by atoms with Crippen LogP contribution in [-0.4, -0.2) is 35.2 Å². The van der Waals surface area contributed by atoms with E-state index in [9.17, 15) is 14.7 Å². The van der Waals surface area contributed by atoms with Crippen LogP contribution in [0.5, 0.6) is 5.75 Å². The molecule has 8 heteroatoms. The molecule has 0 unspecified atom stereocenters. The highest BCUT2D eigenvalue weighted by atomic mass is 35.5. The molecule has 0 saturated carbocycles. The Morgan fingerprint density at radius 1 is 1.00 bits per heavy atom. The van der Waals surface area contributed by atoms with Gasteiger partial charge in [0.1, 0.15) is 5.75 Å². The zero-order valence-electron chi connectivity index (χ0n) is 14.1. The molecule has 0 radical (unpaired) electrons. The van der Waals surface area contributed by atoms with Crippen LogP contribution in [0.4, 0.5) is 0 Å². The number of phenolic OH excluding ortho intramolecular Hbond substituents is 1. The zero-order chi connectivity index (χ0) is 19.2. The fourth-order valence-electron chi connectivity index (χ4n) is 2.32. The number of benzene rings is 2. The first-order valence-electron chi connectivity index (χ1n) is 8.11. The molecule has 0 atom stereocenters. The Morgan fingerprint density at radius 2 is 1.70 bits per heavy atom. The Balaban J connectivity index is 1.48. The number of hydrogen-bond acceptors (Lipinski definition) is 5. The fourth-order valence-corrected chi connectivity index (χ4v) is 2.51. The minimum absolute atomic E-state index is 0.0866. The number of rotatable bonds is 6. The Labute approximate surface area is 159 Å². The van der Waals surface area contributed by atoms with Crippen molar-refractivity contribution in [1.82, 2.24) is 15.8 Å². The summed E-state index contributed by atoms with van der Waals surface area (Å²) in [5.74, 6) is -0.188. The van der Waals surface area contributed by atoms with Crippen molar-refractivity contribution in [2.45, 2.75) is 0 Å². The summed E-state index contributed by atoms with van der Waals surface area (Å²) in [5.41, 5.74) is 1.27. The van der Waals surface area contributed by atoms with E-state index in [4.69, 9.17) is 16.1 Å². The summed E-state index contributed by atoms with van der Waals surface area (Å²) in [5, 5.41) is 18.8. The molecular weight excluding hydrogens is 370 g/mol. The number of aromatic nitrogens is 1. The van der Waals surface area contributed by atoms with Crippen LogP contribution in [0.25, 0.3) is 11.3 Å². The van der Waals surface area contributed by atoms with Crippen molar-refractivity contribution in [3.63, 3.8) is 0 Å². The lowest BCUT2D eigenvalue weighted by Crippen LogP contribution is -2.34. The Bertz CT molecular complexity index is 954. The van der Waals surface area contributed by atoms with Crippen molar-refractivity contribution in [3.05, 3.63) is 70.9 Å². The van der Waals surface area contributed by atoms with Gasteiger partial charge in [0, 0.05) is 35.3 Å². The molecule has 0 aliphatic heterocycles. The highest BCUT2D eigenvalue weighted by Crippen LogP contribution is 2.23. The van der Waals surface area contributed by atoms with Gasteiger partial charge in [-0.25, -0.2) is 0 Å². The molecular formula is C19H16ClN3O4. The molecule has 7 nitrogen and oxygen atoms in total. The third-order valence-electron chi connectivity index (χ3n) is 3.68. The quantitative estimate of drug-likeness (QED) is 0.566. The number of phenols is 1. The van der Waals surface area contributed by atoms with E-state index < -0.39 is 5.91 Å². The topological polar surface area (TPSA) is 104 Å². The van der Waals surface area contributed by atoms with Crippen LogP contribution in [0.3, 0.4) is 0 Å². The maximum absolute atomic E-state index is 12.1. The summed E-state index contributed by atoms with van der Waals surface area (Å²) < 4.78 is 5.18. The molecule has 3 N–H and O–H groups in total. The highest BCUT2D eigenvalue weighted by Gasteiger charge is 2.13. The molecule has 0 aliphatic carbocycles. The molecule has 0 fully saturated rings. The Hall–Kier alpha value is -3.32. The van der Waals surface area contributed by atoms with Gasteiger partial charge in [0.25, 0.3) is 11.8 Å².